The lowest BCUT2D eigenvalue weighted by atomic mass is 9.83. The number of allylic oxidation sites excluding steroid dienone is 2. The molecule has 15 N–H and O–H groups in total. The number of carbonyl (C=O) groups is 11. The monoisotopic (exact) mass is 1220 g/mol. The molecule has 88 heavy (non-hydrogen) atoms. The summed E-state index contributed by atoms with van der Waals surface area (Å²) in [6.07, 6.45) is 6.50. The molecule has 1 aliphatic rings. The Balaban J connectivity index is 1.50. The number of hydrogen-bond donors (Lipinski definition) is 12. The molecule has 1 heterocycles. The first-order valence-electron chi connectivity index (χ1n) is 30.5. The normalized spacial score (nSPS) is 16.0. The number of carbonyl (C=O) groups excluding carboxylic acids is 10. The van der Waals surface area contributed by atoms with Gasteiger partial charge in [-0.3, -0.25) is 57.7 Å². The highest BCUT2D eigenvalue weighted by Gasteiger charge is 2.37. The van der Waals surface area contributed by atoms with Crippen LogP contribution >= 0.6 is 0 Å². The minimum Gasteiger partial charge on any atom is -0.508 e. The second-order valence-electron chi connectivity index (χ2n) is 23.7. The summed E-state index contributed by atoms with van der Waals surface area (Å²) in [5, 5.41) is 44.7. The van der Waals surface area contributed by atoms with Crippen LogP contribution in [0, 0.1) is 35.5 Å². The summed E-state index contributed by atoms with van der Waals surface area (Å²) >= 11 is 0. The summed E-state index contributed by atoms with van der Waals surface area (Å²) in [5.41, 5.74) is 19.4. The van der Waals surface area contributed by atoms with Crippen LogP contribution in [0.5, 0.6) is 5.75 Å². The number of benzene rings is 2. The van der Waals surface area contributed by atoms with Crippen molar-refractivity contribution < 1.29 is 68.1 Å². The molecule has 24 nitrogen and oxygen atoms in total. The highest BCUT2D eigenvalue weighted by Crippen LogP contribution is 2.29. The number of aromatic hydroxyl groups is 1. The SMILES string of the molecule is CN=C(N)NCCC[C@H](CC(=O)[C@@H](/C=C/CCC(=O)[C@H](CC1CCCCC1)NC(=O)[C@@H](CC(=O)[C@H](CC(N)=O)NC(=O)[C@H](CCC(=O)O)CC(=O)[C@@H](Cc1ccc(O)cc1)NC(C)=O)[C@@H](C)O)CC(C)C)C(=O)N[C@@H](Cc1c[nH]c2ccccc12)C(N)=O. The summed E-state index contributed by atoms with van der Waals surface area (Å²) < 4.78 is 0. The number of aliphatic imine (C=N–C) groups is 1. The summed E-state index contributed by atoms with van der Waals surface area (Å²) in [6, 6.07) is 8.37. The maximum absolute atomic E-state index is 14.3. The van der Waals surface area contributed by atoms with Gasteiger partial charge < -0.3 is 64.1 Å². The predicted molar refractivity (Wildman–Crippen MR) is 330 cm³/mol. The zero-order valence-corrected chi connectivity index (χ0v) is 51.4. The molecule has 24 heteroatoms. The van der Waals surface area contributed by atoms with Crippen molar-refractivity contribution in [2.75, 3.05) is 13.6 Å². The molecule has 1 aromatic heterocycles. The lowest BCUT2D eigenvalue weighted by Crippen LogP contribution is -2.50. The Hall–Kier alpha value is -8.28. The summed E-state index contributed by atoms with van der Waals surface area (Å²) in [6.45, 7) is 6.72. The Morgan fingerprint density at radius 2 is 1.33 bits per heavy atom. The van der Waals surface area contributed by atoms with Crippen molar-refractivity contribution in [3.8, 4) is 5.75 Å². The number of guanidine groups is 1. The molecule has 9 atom stereocenters. The van der Waals surface area contributed by atoms with Crippen molar-refractivity contribution in [1.29, 1.82) is 0 Å². The largest absolute Gasteiger partial charge is 0.508 e. The van der Waals surface area contributed by atoms with E-state index in [9.17, 15) is 68.1 Å². The number of aliphatic hydroxyl groups is 1. The number of fused-ring (bicyclic) bond motifs is 1. The number of H-pyrrole nitrogens is 1. The van der Waals surface area contributed by atoms with E-state index in [2.05, 4.69) is 36.6 Å². The fraction of sp³-hybridized carbons (Fsp3) is 0.562. The third kappa shape index (κ3) is 25.2. The smallest absolute Gasteiger partial charge is 0.303 e. The fourth-order valence-corrected chi connectivity index (χ4v) is 11.1. The molecule has 0 aliphatic heterocycles. The molecule has 0 bridgehead atoms. The number of aromatic amines is 1. The van der Waals surface area contributed by atoms with Crippen LogP contribution in [0.4, 0.5) is 0 Å². The number of primary amides is 2. The molecule has 0 radical (unpaired) electrons. The van der Waals surface area contributed by atoms with Gasteiger partial charge in [-0.15, -0.1) is 0 Å². The van der Waals surface area contributed by atoms with Gasteiger partial charge in [0.05, 0.1) is 36.6 Å². The number of aliphatic hydroxyl groups excluding tert-OH is 1. The van der Waals surface area contributed by atoms with Crippen LogP contribution in [0.15, 0.2) is 71.9 Å². The first-order chi connectivity index (χ1) is 41.7. The van der Waals surface area contributed by atoms with Crippen molar-refractivity contribution >= 4 is 81.4 Å². The summed E-state index contributed by atoms with van der Waals surface area (Å²) in [7, 11) is 1.53. The number of nitrogens with zero attached hydrogens (tertiary/aromatic N) is 1. The number of aromatic nitrogens is 1. The van der Waals surface area contributed by atoms with E-state index in [1.54, 1.807) is 18.3 Å². The molecule has 0 saturated heterocycles. The van der Waals surface area contributed by atoms with Crippen molar-refractivity contribution in [3.05, 3.63) is 78.0 Å². The zero-order chi connectivity index (χ0) is 65.0. The van der Waals surface area contributed by atoms with Gasteiger partial charge in [-0.25, -0.2) is 0 Å². The molecule has 482 valence electrons. The number of hydrogen-bond acceptors (Lipinski definition) is 14. The third-order valence-electron chi connectivity index (χ3n) is 16.0. The number of Topliss-reactive ketones (excluding diaryl/α,β-unsaturated/α-hetero) is 4. The van der Waals surface area contributed by atoms with Crippen molar-refractivity contribution in [3.63, 3.8) is 0 Å². The Morgan fingerprint density at radius 3 is 1.94 bits per heavy atom. The van der Waals surface area contributed by atoms with Crippen LogP contribution in [-0.2, 0) is 65.6 Å². The Bertz CT molecular complexity index is 2930. The first-order valence-corrected chi connectivity index (χ1v) is 30.5. The summed E-state index contributed by atoms with van der Waals surface area (Å²) in [4.78, 5) is 155. The lowest BCUT2D eigenvalue weighted by Gasteiger charge is -2.29. The van der Waals surface area contributed by atoms with Gasteiger partial charge in [0.15, 0.2) is 23.3 Å². The van der Waals surface area contributed by atoms with E-state index in [-0.39, 0.29) is 86.5 Å². The van der Waals surface area contributed by atoms with Gasteiger partial charge in [-0.05, 0) is 93.0 Å². The number of rotatable bonds is 40. The number of carboxylic acid groups (broad SMARTS) is 1. The average molecular weight is 1230 g/mol. The number of amides is 6. The number of aliphatic carboxylic acids is 1. The van der Waals surface area contributed by atoms with Crippen LogP contribution in [-0.4, -0.2) is 135 Å². The average Bonchev–Trinajstić information content (AvgIpc) is 2.31. The van der Waals surface area contributed by atoms with E-state index in [0.29, 0.717) is 24.9 Å². The van der Waals surface area contributed by atoms with Gasteiger partial charge in [0.1, 0.15) is 17.6 Å². The first kappa shape index (κ1) is 72.2. The number of ketones is 4. The highest BCUT2D eigenvalue weighted by atomic mass is 16.4. The Morgan fingerprint density at radius 1 is 0.705 bits per heavy atom. The molecule has 0 unspecified atom stereocenters. The number of nitrogens with one attached hydrogen (secondary N) is 6. The molecule has 3 aromatic rings. The second-order valence-corrected chi connectivity index (χ2v) is 23.7. The van der Waals surface area contributed by atoms with Crippen molar-refractivity contribution in [2.45, 2.75) is 180 Å². The number of para-hydroxylation sites is 1. The number of nitrogens with two attached hydrogens (primary N) is 3. The number of carboxylic acids is 1. The number of phenols is 1. The maximum atomic E-state index is 14.3. The predicted octanol–water partition coefficient (Wildman–Crippen LogP) is 3.80. The third-order valence-corrected chi connectivity index (χ3v) is 16.0. The molecule has 1 aliphatic carbocycles. The van der Waals surface area contributed by atoms with Gasteiger partial charge in [-0.2, -0.15) is 0 Å². The van der Waals surface area contributed by atoms with Gasteiger partial charge in [0.2, 0.25) is 35.4 Å². The minimum atomic E-state index is -1.69. The quantitative estimate of drug-likeness (QED) is 0.0167. The van der Waals surface area contributed by atoms with E-state index in [1.165, 1.54) is 45.2 Å². The van der Waals surface area contributed by atoms with Gasteiger partial charge >= 0.3 is 5.97 Å². The molecule has 6 amide bonds. The lowest BCUT2D eigenvalue weighted by molar-refractivity contribution is -0.139. The van der Waals surface area contributed by atoms with E-state index in [0.717, 1.165) is 48.6 Å². The van der Waals surface area contributed by atoms with Crippen molar-refractivity contribution in [1.82, 2.24) is 31.6 Å². The minimum absolute atomic E-state index is 0.0389. The standard InChI is InChI=1S/C64H92N10O14/c1-37(2)28-42(55(79)32-43(17-13-27-69-64(67)68-5)61(86)74-53(60(66)85)31-45-36-70-49-19-11-10-18-47(45)49)16-9-12-20-54(78)50(29-40-14-7-6-8-15-40)73-63(88)48(38(3)75)34-57(81)52(35-58(65)82)72-62(87)44(23-26-59(83)84)33-56(80)51(71-39(4)76)30-41-21-24-46(77)25-22-41/h9-11,16,18-19,21-22,24-25,36-38,40,42-44,48,50-53,70,75,77H,6-8,12-15,17,20,23,26-35H2,1-5H3,(H2,65,82)(H2,66,85)(H,71,76)(H,72,87)(H,73,88)(H,74,86)(H,83,84)(H3,67,68,69)/b16-9+/t38-,42+,43-,44-,48+,50+,51-,52+,53+/m1/s1. The van der Waals surface area contributed by atoms with Crippen molar-refractivity contribution in [2.24, 2.45) is 57.7 Å². The molecule has 1 fully saturated rings. The van der Waals surface area contributed by atoms with Crippen LogP contribution < -0.4 is 43.8 Å². The van der Waals surface area contributed by atoms with Crippen LogP contribution in [0.25, 0.3) is 10.9 Å². The maximum Gasteiger partial charge on any atom is 0.303 e. The number of phenolic OH excluding ortho intramolecular Hbond substituents is 1. The fourth-order valence-electron chi connectivity index (χ4n) is 11.1. The zero-order valence-electron chi connectivity index (χ0n) is 51.4. The van der Waals surface area contributed by atoms with Crippen LogP contribution in [0.1, 0.15) is 148 Å². The van der Waals surface area contributed by atoms with E-state index in [1.807, 2.05) is 38.1 Å². The Labute approximate surface area is 514 Å². The highest BCUT2D eigenvalue weighted by molar-refractivity contribution is 5.98. The Kier molecular flexibility index (Phi) is 30.2. The van der Waals surface area contributed by atoms with E-state index >= 15 is 0 Å². The molecule has 4 rings (SSSR count). The molecular formula is C64H92N10O14. The van der Waals surface area contributed by atoms with Gasteiger partial charge in [0.25, 0.3) is 0 Å². The topological polar surface area (TPSA) is 415 Å². The van der Waals surface area contributed by atoms with E-state index < -0.39 is 133 Å². The molecule has 1 saturated carbocycles. The second kappa shape index (κ2) is 36.8. The molecule has 2 aromatic carbocycles. The summed E-state index contributed by atoms with van der Waals surface area (Å²) in [5.74, 6) is -12.2. The van der Waals surface area contributed by atoms with E-state index in [4.69, 9.17) is 17.2 Å². The van der Waals surface area contributed by atoms with Crippen LogP contribution in [0.3, 0.4) is 0 Å². The van der Waals surface area contributed by atoms with Gasteiger partial charge in [-0.1, -0.05) is 88.4 Å². The van der Waals surface area contributed by atoms with Gasteiger partial charge in [0, 0.05) is 93.9 Å². The molecule has 0 spiro atoms. The van der Waals surface area contributed by atoms with Crippen LogP contribution in [0.2, 0.25) is 0 Å². The molecular weight excluding hydrogens is 1130 g/mol.